The molecule has 102 valence electrons. The quantitative estimate of drug-likeness (QED) is 0.372. The molecule has 0 aliphatic carbocycles. The normalized spacial score (nSPS) is 10.1. The maximum Gasteiger partial charge on any atom is 0.306 e. The number of nitro groups is 1. The highest BCUT2D eigenvalue weighted by molar-refractivity contribution is 7.10. The van der Waals surface area contributed by atoms with Crippen LogP contribution in [-0.2, 0) is 6.54 Å². The summed E-state index contributed by atoms with van der Waals surface area (Å²) in [6, 6.07) is 3.17. The highest BCUT2D eigenvalue weighted by Gasteiger charge is 2.19. The van der Waals surface area contributed by atoms with Gasteiger partial charge in [-0.3, -0.25) is 15.0 Å². The van der Waals surface area contributed by atoms with E-state index >= 15 is 0 Å². The molecule has 20 heavy (non-hydrogen) atoms. The molecule has 10 heteroatoms. The van der Waals surface area contributed by atoms with E-state index in [2.05, 4.69) is 9.59 Å². The number of rotatable bonds is 4. The van der Waals surface area contributed by atoms with E-state index in [0.29, 0.717) is 10.0 Å². The van der Waals surface area contributed by atoms with Gasteiger partial charge < -0.3 is 0 Å². The van der Waals surface area contributed by atoms with Crippen molar-refractivity contribution in [3.8, 4) is 6.19 Å². The Bertz CT molecular complexity index is 701. The van der Waals surface area contributed by atoms with Crippen molar-refractivity contribution >= 4 is 34.5 Å². The fraction of sp³-hybridized carbons (Fsp3) is 0.100. The average molecular weight is 314 g/mol. The molecule has 7 nitrogen and oxygen atoms in total. The summed E-state index contributed by atoms with van der Waals surface area (Å²) in [5.41, 5.74) is -0.167. The summed E-state index contributed by atoms with van der Waals surface area (Å²) in [6.45, 7) is -0.00534. The van der Waals surface area contributed by atoms with Gasteiger partial charge in [-0.05, 0) is 12.1 Å². The number of hydrogen-bond donors (Lipinski definition) is 0. The van der Waals surface area contributed by atoms with Crippen molar-refractivity contribution in [3.63, 3.8) is 0 Å². The minimum absolute atomic E-state index is 0.00534. The average Bonchev–Trinajstić information content (AvgIpc) is 2.82. The van der Waals surface area contributed by atoms with Gasteiger partial charge in [0.1, 0.15) is 10.0 Å². The number of anilines is 1. The van der Waals surface area contributed by atoms with E-state index in [9.17, 15) is 14.5 Å². The van der Waals surface area contributed by atoms with Crippen LogP contribution in [0.1, 0.15) is 5.69 Å². The van der Waals surface area contributed by atoms with Crippen molar-refractivity contribution in [2.24, 2.45) is 0 Å². The number of halogens is 2. The van der Waals surface area contributed by atoms with Gasteiger partial charge in [-0.15, -0.1) is 5.10 Å². The monoisotopic (exact) mass is 313 g/mol. The Hall–Kier alpha value is -2.31. The highest BCUT2D eigenvalue weighted by Crippen LogP contribution is 2.26. The molecule has 0 radical (unpaired) electrons. The Morgan fingerprint density at radius 2 is 2.35 bits per heavy atom. The largest absolute Gasteiger partial charge is 0.306 e. The first-order chi connectivity index (χ1) is 9.52. The Kier molecular flexibility index (Phi) is 4.07. The van der Waals surface area contributed by atoms with Crippen molar-refractivity contribution in [1.29, 1.82) is 5.26 Å². The summed E-state index contributed by atoms with van der Waals surface area (Å²) in [6.07, 6.45) is 1.84. The first kappa shape index (κ1) is 14.1. The third kappa shape index (κ3) is 2.81. The lowest BCUT2D eigenvalue weighted by Crippen LogP contribution is -2.16. The summed E-state index contributed by atoms with van der Waals surface area (Å²) in [7, 11) is 0. The zero-order valence-electron chi connectivity index (χ0n) is 9.66. The number of hydrogen-bond acceptors (Lipinski definition) is 7. The minimum Gasteiger partial charge on any atom is -0.273 e. The predicted molar refractivity (Wildman–Crippen MR) is 69.8 cm³/mol. The molecule has 0 amide bonds. The van der Waals surface area contributed by atoms with Crippen LogP contribution < -0.4 is 4.90 Å². The Morgan fingerprint density at radius 1 is 1.60 bits per heavy atom. The smallest absolute Gasteiger partial charge is 0.273 e. The summed E-state index contributed by atoms with van der Waals surface area (Å²) >= 11 is 6.79. The van der Waals surface area contributed by atoms with Crippen molar-refractivity contribution in [3.05, 3.63) is 44.2 Å². The molecule has 0 unspecified atom stereocenters. The topological polar surface area (TPSA) is 96.0 Å². The third-order valence-electron chi connectivity index (χ3n) is 2.38. The number of nitriles is 1. The molecule has 0 bridgehead atoms. The molecule has 1 heterocycles. The van der Waals surface area contributed by atoms with Crippen LogP contribution in [0.25, 0.3) is 0 Å². The molecule has 1 aromatic carbocycles. The van der Waals surface area contributed by atoms with Crippen LogP contribution in [0.4, 0.5) is 15.8 Å². The standard InChI is InChI=1S/C10H5ClFN5O2S/c11-10-8(14-15-20-10)4-16(5-13)6-1-2-7(12)9(3-6)17(18)19/h1-3H,4H2. The van der Waals surface area contributed by atoms with E-state index in [-0.39, 0.29) is 12.2 Å². The number of benzene rings is 1. The Balaban J connectivity index is 2.33. The van der Waals surface area contributed by atoms with Crippen LogP contribution in [-0.4, -0.2) is 14.5 Å². The van der Waals surface area contributed by atoms with Crippen molar-refractivity contribution in [2.45, 2.75) is 6.54 Å². The lowest BCUT2D eigenvalue weighted by Gasteiger charge is -2.14. The van der Waals surface area contributed by atoms with Crippen LogP contribution in [0.3, 0.4) is 0 Å². The summed E-state index contributed by atoms with van der Waals surface area (Å²) in [5.74, 6) is -0.968. The van der Waals surface area contributed by atoms with Crippen molar-refractivity contribution in [1.82, 2.24) is 9.59 Å². The van der Waals surface area contributed by atoms with Gasteiger partial charge in [0.25, 0.3) is 0 Å². The van der Waals surface area contributed by atoms with E-state index in [1.54, 1.807) is 0 Å². The molecule has 0 atom stereocenters. The van der Waals surface area contributed by atoms with Crippen LogP contribution in [0.2, 0.25) is 4.34 Å². The van der Waals surface area contributed by atoms with Gasteiger partial charge in [0.05, 0.1) is 17.2 Å². The van der Waals surface area contributed by atoms with Crippen LogP contribution in [0.15, 0.2) is 18.2 Å². The number of nitrogens with zero attached hydrogens (tertiary/aromatic N) is 5. The SMILES string of the molecule is N#CN(Cc1nnsc1Cl)c1ccc(F)c([N+](=O)[O-])c1. The van der Waals surface area contributed by atoms with E-state index in [1.807, 2.05) is 6.19 Å². The molecule has 2 aromatic rings. The van der Waals surface area contributed by atoms with Gasteiger partial charge >= 0.3 is 5.69 Å². The van der Waals surface area contributed by atoms with E-state index < -0.39 is 16.4 Å². The summed E-state index contributed by atoms with van der Waals surface area (Å²) in [5, 5.41) is 23.5. The van der Waals surface area contributed by atoms with Gasteiger partial charge in [0.2, 0.25) is 5.82 Å². The molecule has 0 aliphatic heterocycles. The van der Waals surface area contributed by atoms with Gasteiger partial charge in [0, 0.05) is 17.6 Å². The number of nitro benzene ring substituents is 1. The molecule has 2 rings (SSSR count). The first-order valence-corrected chi connectivity index (χ1v) is 6.26. The first-order valence-electron chi connectivity index (χ1n) is 5.11. The Morgan fingerprint density at radius 3 is 2.90 bits per heavy atom. The van der Waals surface area contributed by atoms with E-state index in [4.69, 9.17) is 16.9 Å². The van der Waals surface area contributed by atoms with Crippen molar-refractivity contribution in [2.75, 3.05) is 4.90 Å². The minimum atomic E-state index is -0.968. The molecule has 1 aromatic heterocycles. The fourth-order valence-electron chi connectivity index (χ4n) is 1.43. The maximum atomic E-state index is 13.2. The van der Waals surface area contributed by atoms with Crippen molar-refractivity contribution < 1.29 is 9.31 Å². The van der Waals surface area contributed by atoms with Crippen LogP contribution >= 0.6 is 23.1 Å². The van der Waals surface area contributed by atoms with Gasteiger partial charge in [-0.2, -0.15) is 9.65 Å². The molecule has 0 fully saturated rings. The lowest BCUT2D eigenvalue weighted by molar-refractivity contribution is -0.387. The molecular formula is C10H5ClFN5O2S. The van der Waals surface area contributed by atoms with Gasteiger partial charge in [-0.25, -0.2) is 0 Å². The second-order valence-electron chi connectivity index (χ2n) is 3.57. The molecule has 0 N–H and O–H groups in total. The molecule has 0 aliphatic rings. The lowest BCUT2D eigenvalue weighted by atomic mass is 10.2. The third-order valence-corrected chi connectivity index (χ3v) is 3.36. The molecule has 0 saturated heterocycles. The molecular weight excluding hydrogens is 309 g/mol. The predicted octanol–water partition coefficient (Wildman–Crippen LogP) is 2.73. The van der Waals surface area contributed by atoms with E-state index in [1.165, 1.54) is 6.07 Å². The van der Waals surface area contributed by atoms with Crippen LogP contribution in [0.5, 0.6) is 0 Å². The molecule has 0 saturated carbocycles. The van der Waals surface area contributed by atoms with Gasteiger partial charge in [0.15, 0.2) is 6.19 Å². The second kappa shape index (κ2) is 5.77. The second-order valence-corrected chi connectivity index (χ2v) is 4.93. The van der Waals surface area contributed by atoms with E-state index in [0.717, 1.165) is 28.6 Å². The summed E-state index contributed by atoms with van der Waals surface area (Å²) in [4.78, 5) is 10.9. The highest BCUT2D eigenvalue weighted by atomic mass is 35.5. The van der Waals surface area contributed by atoms with Crippen LogP contribution in [0, 0.1) is 27.4 Å². The van der Waals surface area contributed by atoms with Gasteiger partial charge in [-0.1, -0.05) is 16.1 Å². The zero-order chi connectivity index (χ0) is 14.7. The maximum absolute atomic E-state index is 13.2. The molecule has 0 spiro atoms. The Labute approximate surface area is 121 Å². The summed E-state index contributed by atoms with van der Waals surface area (Å²) < 4.78 is 17.2. The number of aromatic nitrogens is 2. The fourth-order valence-corrected chi connectivity index (χ4v) is 2.05. The zero-order valence-corrected chi connectivity index (χ0v) is 11.2.